The van der Waals surface area contributed by atoms with Crippen molar-refractivity contribution in [2.24, 2.45) is 0 Å². The smallest absolute Gasteiger partial charge is 0.412 e. The molecule has 1 aliphatic rings. The number of hydroxylamine groups is 1. The van der Waals surface area contributed by atoms with Crippen LogP contribution in [0.1, 0.15) is 30.9 Å². The zero-order valence-corrected chi connectivity index (χ0v) is 17.9. The molecule has 2 aromatic rings. The number of nitrogens with one attached hydrogen (secondary N) is 2. The lowest BCUT2D eigenvalue weighted by Crippen LogP contribution is -2.17. The van der Waals surface area contributed by atoms with Crippen molar-refractivity contribution in [2.45, 2.75) is 25.4 Å². The van der Waals surface area contributed by atoms with Gasteiger partial charge in [0.1, 0.15) is 18.5 Å². The minimum Gasteiger partial charge on any atom is -0.491 e. The Bertz CT molecular complexity index is 961. The Kier molecular flexibility index (Phi) is 8.92. The molecule has 1 aliphatic heterocycles. The van der Waals surface area contributed by atoms with Gasteiger partial charge in [0, 0.05) is 17.8 Å². The predicted molar refractivity (Wildman–Crippen MR) is 117 cm³/mol. The first-order chi connectivity index (χ1) is 16.1. The summed E-state index contributed by atoms with van der Waals surface area (Å²) in [6, 6.07) is 12.1. The van der Waals surface area contributed by atoms with Gasteiger partial charge in [0.05, 0.1) is 6.61 Å². The first-order valence-electron chi connectivity index (χ1n) is 10.4. The molecule has 0 aromatic heterocycles. The average molecular weight is 458 g/mol. The number of fused-ring (bicyclic) bond motifs is 1. The van der Waals surface area contributed by atoms with Crippen LogP contribution >= 0.6 is 0 Å². The highest BCUT2D eigenvalue weighted by Gasteiger charge is 2.19. The van der Waals surface area contributed by atoms with Gasteiger partial charge in [-0.1, -0.05) is 18.2 Å². The number of amides is 2. The van der Waals surface area contributed by atoms with Gasteiger partial charge >= 0.3 is 6.09 Å². The van der Waals surface area contributed by atoms with Gasteiger partial charge in [0.25, 0.3) is 5.91 Å². The molecule has 4 N–H and O–H groups in total. The summed E-state index contributed by atoms with van der Waals surface area (Å²) in [5.41, 5.74) is 2.80. The third kappa shape index (κ3) is 7.41. The number of anilines is 1. The number of allylic oxidation sites excluding steroid dienone is 1. The van der Waals surface area contributed by atoms with Crippen LogP contribution in [0, 0.1) is 0 Å². The number of hydrogen-bond donors (Lipinski definition) is 4. The van der Waals surface area contributed by atoms with Crippen LogP contribution in [0.25, 0.3) is 0 Å². The van der Waals surface area contributed by atoms with E-state index in [2.05, 4.69) is 5.32 Å². The molecule has 1 heterocycles. The lowest BCUT2D eigenvalue weighted by atomic mass is 10.0. The third-order valence-electron chi connectivity index (χ3n) is 4.70. The molecule has 0 unspecified atom stereocenters. The van der Waals surface area contributed by atoms with Crippen molar-refractivity contribution in [3.63, 3.8) is 0 Å². The summed E-state index contributed by atoms with van der Waals surface area (Å²) < 4.78 is 21.6. The van der Waals surface area contributed by atoms with Crippen molar-refractivity contribution < 1.29 is 38.9 Å². The summed E-state index contributed by atoms with van der Waals surface area (Å²) in [7, 11) is 0. The topological polar surface area (TPSA) is 136 Å². The number of ether oxygens (including phenoxy) is 4. The standard InChI is InChI=1S/C23H26N2O8/c26-12-13-30-18-9-6-16(7-10-18)19(4-2-1-3-5-22(27)25-29)33-23(28)24-17-8-11-20-21(14-17)32-15-31-20/h3,5-11,14,19,26,29H,1-2,4,12-13,15H2,(H,24,28)(H,25,27)/b5-3+/t19-/m1/s1. The maximum Gasteiger partial charge on any atom is 0.412 e. The maximum atomic E-state index is 12.6. The van der Waals surface area contributed by atoms with Gasteiger partial charge in [-0.25, -0.2) is 10.3 Å². The van der Waals surface area contributed by atoms with Crippen LogP contribution in [0.4, 0.5) is 10.5 Å². The second kappa shape index (κ2) is 12.3. The average Bonchev–Trinajstić information content (AvgIpc) is 3.30. The van der Waals surface area contributed by atoms with Crippen LogP contribution in [0.15, 0.2) is 54.6 Å². The van der Waals surface area contributed by atoms with Gasteiger partial charge in [-0.15, -0.1) is 0 Å². The van der Waals surface area contributed by atoms with Crippen molar-refractivity contribution in [3.05, 3.63) is 60.2 Å². The van der Waals surface area contributed by atoms with Gasteiger partial charge in [-0.2, -0.15) is 0 Å². The number of aliphatic hydroxyl groups excluding tert-OH is 1. The summed E-state index contributed by atoms with van der Waals surface area (Å²) in [6.45, 7) is 0.234. The second-order valence-corrected chi connectivity index (χ2v) is 7.04. The van der Waals surface area contributed by atoms with Gasteiger partial charge in [-0.05, 0) is 49.1 Å². The monoisotopic (exact) mass is 458 g/mol. The number of benzene rings is 2. The number of rotatable bonds is 11. The van der Waals surface area contributed by atoms with Crippen LogP contribution in [0.2, 0.25) is 0 Å². The molecule has 0 radical (unpaired) electrons. The fourth-order valence-corrected chi connectivity index (χ4v) is 3.14. The van der Waals surface area contributed by atoms with Gasteiger partial charge in [0.15, 0.2) is 11.5 Å². The number of hydrogen-bond acceptors (Lipinski definition) is 8. The highest BCUT2D eigenvalue weighted by molar-refractivity contribution is 5.86. The van der Waals surface area contributed by atoms with E-state index in [4.69, 9.17) is 29.3 Å². The van der Waals surface area contributed by atoms with Crippen molar-refractivity contribution in [1.29, 1.82) is 0 Å². The Balaban J connectivity index is 1.63. The Hall–Kier alpha value is -3.76. The molecule has 10 heteroatoms. The van der Waals surface area contributed by atoms with E-state index in [1.54, 1.807) is 48.5 Å². The fourth-order valence-electron chi connectivity index (χ4n) is 3.14. The van der Waals surface area contributed by atoms with E-state index in [1.807, 2.05) is 0 Å². The Morgan fingerprint density at radius 1 is 1.12 bits per heavy atom. The van der Waals surface area contributed by atoms with Crippen molar-refractivity contribution in [1.82, 2.24) is 5.48 Å². The van der Waals surface area contributed by atoms with E-state index in [-0.39, 0.29) is 20.0 Å². The summed E-state index contributed by atoms with van der Waals surface area (Å²) in [5.74, 6) is 1.14. The first kappa shape index (κ1) is 23.9. The molecule has 2 amide bonds. The molecule has 33 heavy (non-hydrogen) atoms. The Morgan fingerprint density at radius 2 is 1.91 bits per heavy atom. The number of aliphatic hydroxyl groups is 1. The minimum absolute atomic E-state index is 0.0880. The quantitative estimate of drug-likeness (QED) is 0.174. The third-order valence-corrected chi connectivity index (χ3v) is 4.70. The van der Waals surface area contributed by atoms with E-state index < -0.39 is 18.1 Å². The summed E-state index contributed by atoms with van der Waals surface area (Å²) in [5, 5.41) is 20.1. The molecule has 2 aromatic carbocycles. The predicted octanol–water partition coefficient (Wildman–Crippen LogP) is 3.31. The highest BCUT2D eigenvalue weighted by atomic mass is 16.7. The Labute approximate surface area is 190 Å². The molecule has 0 aliphatic carbocycles. The summed E-state index contributed by atoms with van der Waals surface area (Å²) in [4.78, 5) is 23.6. The van der Waals surface area contributed by atoms with Crippen molar-refractivity contribution >= 4 is 17.7 Å². The van der Waals surface area contributed by atoms with Crippen LogP contribution in [0.3, 0.4) is 0 Å². The Morgan fingerprint density at radius 3 is 2.67 bits per heavy atom. The molecule has 10 nitrogen and oxygen atoms in total. The molecule has 0 fully saturated rings. The zero-order chi connectivity index (χ0) is 23.5. The van der Waals surface area contributed by atoms with Crippen LogP contribution < -0.4 is 25.0 Å². The van der Waals surface area contributed by atoms with Gasteiger partial charge in [-0.3, -0.25) is 15.3 Å². The SMILES string of the molecule is O=C(/C=C/CCC[C@@H](OC(=O)Nc1ccc2c(c1)OCO2)c1ccc(OCCO)cc1)NO. The van der Waals surface area contributed by atoms with E-state index in [9.17, 15) is 9.59 Å². The molecule has 0 spiro atoms. The number of unbranched alkanes of at least 4 members (excludes halogenated alkanes) is 1. The first-order valence-corrected chi connectivity index (χ1v) is 10.4. The molecule has 1 atom stereocenters. The second-order valence-electron chi connectivity index (χ2n) is 7.04. The molecule has 0 saturated carbocycles. The molecule has 3 rings (SSSR count). The summed E-state index contributed by atoms with van der Waals surface area (Å²) >= 11 is 0. The molecule has 0 saturated heterocycles. The van der Waals surface area contributed by atoms with E-state index in [1.165, 1.54) is 11.6 Å². The van der Waals surface area contributed by atoms with Crippen molar-refractivity contribution in [2.75, 3.05) is 25.3 Å². The van der Waals surface area contributed by atoms with Gasteiger partial charge < -0.3 is 24.1 Å². The number of carbonyl (C=O) groups excluding carboxylic acids is 2. The largest absolute Gasteiger partial charge is 0.491 e. The van der Waals surface area contributed by atoms with Gasteiger partial charge in [0.2, 0.25) is 6.79 Å². The molecule has 0 bridgehead atoms. The normalized spacial score (nSPS) is 12.9. The lowest BCUT2D eigenvalue weighted by Gasteiger charge is -2.19. The maximum absolute atomic E-state index is 12.6. The zero-order valence-electron chi connectivity index (χ0n) is 17.9. The summed E-state index contributed by atoms with van der Waals surface area (Å²) in [6.07, 6.45) is 3.35. The van der Waals surface area contributed by atoms with Crippen LogP contribution in [-0.4, -0.2) is 42.3 Å². The van der Waals surface area contributed by atoms with E-state index >= 15 is 0 Å². The minimum atomic E-state index is -0.630. The molecular weight excluding hydrogens is 432 g/mol. The van der Waals surface area contributed by atoms with E-state index in [0.29, 0.717) is 42.2 Å². The van der Waals surface area contributed by atoms with E-state index in [0.717, 1.165) is 5.56 Å². The fraction of sp³-hybridized carbons (Fsp3) is 0.304. The number of carbonyl (C=O) groups is 2. The molecule has 176 valence electrons. The van der Waals surface area contributed by atoms with Crippen molar-refractivity contribution in [3.8, 4) is 17.2 Å². The lowest BCUT2D eigenvalue weighted by molar-refractivity contribution is -0.124. The van der Waals surface area contributed by atoms with Crippen LogP contribution in [0.5, 0.6) is 17.2 Å². The van der Waals surface area contributed by atoms with Crippen LogP contribution in [-0.2, 0) is 9.53 Å². The molecular formula is C23H26N2O8. The highest BCUT2D eigenvalue weighted by Crippen LogP contribution is 2.34.